The lowest BCUT2D eigenvalue weighted by Gasteiger charge is -2.15. The Kier molecular flexibility index (Phi) is 7.31. The predicted octanol–water partition coefficient (Wildman–Crippen LogP) is 1.84. The Hall–Kier alpha value is -2.15. The Morgan fingerprint density at radius 2 is 2.00 bits per heavy atom. The number of carbonyl (C=O) groups is 3. The van der Waals surface area contributed by atoms with Gasteiger partial charge in [-0.1, -0.05) is 28.1 Å². The SMILES string of the molecule is COC(=O)/C=C/C[C@H](NC(=O)c1cccc(Br)c1)C(=O)OC. The summed E-state index contributed by atoms with van der Waals surface area (Å²) < 4.78 is 9.84. The van der Waals surface area contributed by atoms with E-state index in [4.69, 9.17) is 0 Å². The van der Waals surface area contributed by atoms with Gasteiger partial charge in [0.1, 0.15) is 6.04 Å². The summed E-state index contributed by atoms with van der Waals surface area (Å²) in [5.74, 6) is -1.55. The molecule has 0 aliphatic carbocycles. The predicted molar refractivity (Wildman–Crippen MR) is 83.2 cm³/mol. The Balaban J connectivity index is 2.76. The monoisotopic (exact) mass is 369 g/mol. The topological polar surface area (TPSA) is 81.7 Å². The van der Waals surface area contributed by atoms with Gasteiger partial charge in [-0.3, -0.25) is 4.79 Å². The molecule has 1 rings (SSSR count). The van der Waals surface area contributed by atoms with E-state index in [0.717, 1.165) is 4.47 Å². The van der Waals surface area contributed by atoms with Crippen molar-refractivity contribution in [3.05, 3.63) is 46.5 Å². The van der Waals surface area contributed by atoms with Gasteiger partial charge in [-0.25, -0.2) is 9.59 Å². The van der Waals surface area contributed by atoms with Crippen molar-refractivity contribution in [1.82, 2.24) is 5.32 Å². The molecule has 7 heteroatoms. The third-order valence-corrected chi connectivity index (χ3v) is 3.20. The number of benzene rings is 1. The minimum absolute atomic E-state index is 0.113. The fraction of sp³-hybridized carbons (Fsp3) is 0.267. The first kappa shape index (κ1) is 17.9. The lowest BCUT2D eigenvalue weighted by Crippen LogP contribution is -2.41. The van der Waals surface area contributed by atoms with Crippen molar-refractivity contribution in [2.24, 2.45) is 0 Å². The molecule has 1 atom stereocenters. The molecule has 6 nitrogen and oxygen atoms in total. The summed E-state index contributed by atoms with van der Waals surface area (Å²) in [6, 6.07) is 5.86. The molecule has 0 aliphatic rings. The summed E-state index contributed by atoms with van der Waals surface area (Å²) in [6.07, 6.45) is 2.73. The first-order chi connectivity index (χ1) is 10.5. The molecule has 0 radical (unpaired) electrons. The molecule has 1 aromatic carbocycles. The molecule has 0 heterocycles. The smallest absolute Gasteiger partial charge is 0.330 e. The van der Waals surface area contributed by atoms with E-state index in [-0.39, 0.29) is 6.42 Å². The van der Waals surface area contributed by atoms with Gasteiger partial charge in [0.25, 0.3) is 5.91 Å². The van der Waals surface area contributed by atoms with Crippen LogP contribution in [0.5, 0.6) is 0 Å². The Bertz CT molecular complexity index is 585. The molecule has 0 fully saturated rings. The molecular weight excluding hydrogens is 354 g/mol. The first-order valence-corrected chi connectivity index (χ1v) is 7.16. The molecule has 1 amide bonds. The van der Waals surface area contributed by atoms with Crippen molar-refractivity contribution < 1.29 is 23.9 Å². The molecule has 1 N–H and O–H groups in total. The molecule has 22 heavy (non-hydrogen) atoms. The third-order valence-electron chi connectivity index (χ3n) is 2.70. The Labute approximate surface area is 136 Å². The highest BCUT2D eigenvalue weighted by atomic mass is 79.9. The van der Waals surface area contributed by atoms with Gasteiger partial charge >= 0.3 is 11.9 Å². The maximum atomic E-state index is 12.1. The molecule has 0 saturated carbocycles. The van der Waals surface area contributed by atoms with E-state index in [9.17, 15) is 14.4 Å². The second-order valence-corrected chi connectivity index (χ2v) is 5.14. The number of halogens is 1. The van der Waals surface area contributed by atoms with Crippen LogP contribution in [0.3, 0.4) is 0 Å². The maximum absolute atomic E-state index is 12.1. The summed E-state index contributed by atoms with van der Waals surface area (Å²) in [7, 11) is 2.48. The van der Waals surface area contributed by atoms with Gasteiger partial charge in [0.15, 0.2) is 0 Å². The van der Waals surface area contributed by atoms with Crippen LogP contribution in [0, 0.1) is 0 Å². The van der Waals surface area contributed by atoms with Crippen molar-refractivity contribution in [3.8, 4) is 0 Å². The Morgan fingerprint density at radius 1 is 1.27 bits per heavy atom. The van der Waals surface area contributed by atoms with Gasteiger partial charge in [0, 0.05) is 16.1 Å². The van der Waals surface area contributed by atoms with Gasteiger partial charge in [0.2, 0.25) is 0 Å². The van der Waals surface area contributed by atoms with Crippen molar-refractivity contribution in [3.63, 3.8) is 0 Å². The number of esters is 2. The van der Waals surface area contributed by atoms with Crippen molar-refractivity contribution in [2.45, 2.75) is 12.5 Å². The second kappa shape index (κ2) is 8.99. The fourth-order valence-electron chi connectivity index (χ4n) is 1.60. The quantitative estimate of drug-likeness (QED) is 0.611. The van der Waals surface area contributed by atoms with Crippen LogP contribution < -0.4 is 5.32 Å². The van der Waals surface area contributed by atoms with Crippen LogP contribution in [0.2, 0.25) is 0 Å². The number of methoxy groups -OCH3 is 2. The molecule has 0 aliphatic heterocycles. The van der Waals surface area contributed by atoms with E-state index in [1.807, 2.05) is 0 Å². The molecule has 1 aromatic rings. The van der Waals surface area contributed by atoms with E-state index in [1.54, 1.807) is 24.3 Å². The standard InChI is InChI=1S/C15H16BrNO5/c1-21-13(18)8-4-7-12(15(20)22-2)17-14(19)10-5-3-6-11(16)9-10/h3-6,8-9,12H,7H2,1-2H3,(H,17,19)/b8-4+/t12-/m0/s1. The van der Waals surface area contributed by atoms with E-state index in [2.05, 4.69) is 30.7 Å². The van der Waals surface area contributed by atoms with Gasteiger partial charge in [-0.2, -0.15) is 0 Å². The van der Waals surface area contributed by atoms with Crippen molar-refractivity contribution in [1.29, 1.82) is 0 Å². The maximum Gasteiger partial charge on any atom is 0.330 e. The van der Waals surface area contributed by atoms with Gasteiger partial charge in [-0.05, 0) is 24.6 Å². The summed E-state index contributed by atoms with van der Waals surface area (Å²) in [5, 5.41) is 2.57. The van der Waals surface area contributed by atoms with Gasteiger partial charge < -0.3 is 14.8 Å². The molecule has 0 bridgehead atoms. The van der Waals surface area contributed by atoms with Crippen LogP contribution >= 0.6 is 15.9 Å². The number of hydrogen-bond acceptors (Lipinski definition) is 5. The zero-order chi connectivity index (χ0) is 16.5. The summed E-state index contributed by atoms with van der Waals surface area (Å²) in [4.78, 5) is 34.8. The van der Waals surface area contributed by atoms with Gasteiger partial charge in [-0.15, -0.1) is 0 Å². The average molecular weight is 370 g/mol. The average Bonchev–Trinajstić information content (AvgIpc) is 2.52. The van der Waals surface area contributed by atoms with Crippen LogP contribution in [-0.4, -0.2) is 38.1 Å². The third kappa shape index (κ3) is 5.69. The number of nitrogens with one attached hydrogen (secondary N) is 1. The van der Waals surface area contributed by atoms with E-state index in [1.165, 1.54) is 26.4 Å². The van der Waals surface area contributed by atoms with Crippen LogP contribution in [0.4, 0.5) is 0 Å². The van der Waals surface area contributed by atoms with E-state index >= 15 is 0 Å². The highest BCUT2D eigenvalue weighted by Gasteiger charge is 2.21. The van der Waals surface area contributed by atoms with Crippen molar-refractivity contribution >= 4 is 33.8 Å². The molecular formula is C15H16BrNO5. The number of ether oxygens (including phenoxy) is 2. The summed E-state index contributed by atoms with van der Waals surface area (Å²) >= 11 is 3.27. The first-order valence-electron chi connectivity index (χ1n) is 6.36. The number of hydrogen-bond donors (Lipinski definition) is 1. The zero-order valence-electron chi connectivity index (χ0n) is 12.2. The number of carbonyl (C=O) groups excluding carboxylic acids is 3. The molecule has 118 valence electrons. The van der Waals surface area contributed by atoms with Crippen LogP contribution in [0.25, 0.3) is 0 Å². The number of amides is 1. The molecule has 0 unspecified atom stereocenters. The highest BCUT2D eigenvalue weighted by molar-refractivity contribution is 9.10. The fourth-order valence-corrected chi connectivity index (χ4v) is 2.00. The molecule has 0 spiro atoms. The van der Waals surface area contributed by atoms with Gasteiger partial charge in [0.05, 0.1) is 14.2 Å². The number of rotatable bonds is 6. The zero-order valence-corrected chi connectivity index (χ0v) is 13.8. The molecule has 0 aromatic heterocycles. The van der Waals surface area contributed by atoms with Crippen LogP contribution in [0.1, 0.15) is 16.8 Å². The minimum atomic E-state index is -0.891. The van der Waals surface area contributed by atoms with Crippen LogP contribution in [0.15, 0.2) is 40.9 Å². The van der Waals surface area contributed by atoms with Crippen molar-refractivity contribution in [2.75, 3.05) is 14.2 Å². The largest absolute Gasteiger partial charge is 0.467 e. The second-order valence-electron chi connectivity index (χ2n) is 4.22. The Morgan fingerprint density at radius 3 is 2.59 bits per heavy atom. The lowest BCUT2D eigenvalue weighted by molar-refractivity contribution is -0.143. The lowest BCUT2D eigenvalue weighted by atomic mass is 10.1. The van der Waals surface area contributed by atoms with E-state index in [0.29, 0.717) is 5.56 Å². The van der Waals surface area contributed by atoms with E-state index < -0.39 is 23.9 Å². The summed E-state index contributed by atoms with van der Waals surface area (Å²) in [5.41, 5.74) is 0.403. The van der Waals surface area contributed by atoms with Crippen LogP contribution in [-0.2, 0) is 19.1 Å². The molecule has 0 saturated heterocycles. The minimum Gasteiger partial charge on any atom is -0.467 e. The highest BCUT2D eigenvalue weighted by Crippen LogP contribution is 2.12. The normalized spacial score (nSPS) is 11.8. The summed E-state index contributed by atoms with van der Waals surface area (Å²) in [6.45, 7) is 0.